The summed E-state index contributed by atoms with van der Waals surface area (Å²) >= 11 is 5.74. The van der Waals surface area contributed by atoms with Gasteiger partial charge in [0.15, 0.2) is 0 Å². The van der Waals surface area contributed by atoms with E-state index in [9.17, 15) is 0 Å². The van der Waals surface area contributed by atoms with Gasteiger partial charge in [-0.05, 0) is 12.8 Å². The molecule has 78 valence electrons. The van der Waals surface area contributed by atoms with Crippen LogP contribution in [0.15, 0.2) is 0 Å². The Hall–Kier alpha value is -0.610. The molecule has 0 aromatic carbocycles. The molecule has 1 aliphatic heterocycles. The molecule has 1 aromatic heterocycles. The molecule has 4 nitrogen and oxygen atoms in total. The molecular formula is C9H14ClN3O. The molecule has 2 heterocycles. The predicted octanol–water partition coefficient (Wildman–Crippen LogP) is 1.45. The molecule has 0 amide bonds. The smallest absolute Gasteiger partial charge is 0.147 e. The van der Waals surface area contributed by atoms with Gasteiger partial charge < -0.3 is 9.30 Å². The largest absolute Gasteiger partial charge is 0.381 e. The van der Waals surface area contributed by atoms with Crippen molar-refractivity contribution >= 4 is 11.6 Å². The third-order valence-electron chi connectivity index (χ3n) is 2.70. The first-order valence-electron chi connectivity index (χ1n) is 4.84. The second-order valence-corrected chi connectivity index (χ2v) is 3.82. The van der Waals surface area contributed by atoms with E-state index < -0.39 is 0 Å². The molecule has 0 aliphatic carbocycles. The lowest BCUT2D eigenvalue weighted by Crippen LogP contribution is -2.17. The molecule has 5 heteroatoms. The lowest BCUT2D eigenvalue weighted by atomic mass is 9.99. The summed E-state index contributed by atoms with van der Waals surface area (Å²) in [6, 6.07) is 0. The molecule has 0 atom stereocenters. The van der Waals surface area contributed by atoms with E-state index in [2.05, 4.69) is 10.2 Å². The van der Waals surface area contributed by atoms with Gasteiger partial charge in [-0.15, -0.1) is 21.8 Å². The van der Waals surface area contributed by atoms with Crippen LogP contribution in [0.25, 0.3) is 0 Å². The van der Waals surface area contributed by atoms with Crippen molar-refractivity contribution in [3.8, 4) is 0 Å². The van der Waals surface area contributed by atoms with Crippen molar-refractivity contribution in [2.24, 2.45) is 7.05 Å². The number of ether oxygens (including phenoxy) is 1. The standard InChI is InChI=1S/C9H14ClN3O/c1-13-8(6-10)11-12-9(13)7-2-4-14-5-3-7/h7H,2-6H2,1H3. The fourth-order valence-electron chi connectivity index (χ4n) is 1.80. The van der Waals surface area contributed by atoms with Gasteiger partial charge in [0, 0.05) is 26.2 Å². The van der Waals surface area contributed by atoms with Gasteiger partial charge in [0.2, 0.25) is 0 Å². The molecule has 1 aromatic rings. The fraction of sp³-hybridized carbons (Fsp3) is 0.778. The van der Waals surface area contributed by atoms with E-state index in [1.165, 1.54) is 0 Å². The van der Waals surface area contributed by atoms with Gasteiger partial charge in [0.1, 0.15) is 11.6 Å². The monoisotopic (exact) mass is 215 g/mol. The van der Waals surface area contributed by atoms with Crippen molar-refractivity contribution < 1.29 is 4.74 Å². The van der Waals surface area contributed by atoms with Crippen LogP contribution in [-0.2, 0) is 17.7 Å². The highest BCUT2D eigenvalue weighted by molar-refractivity contribution is 6.16. The minimum atomic E-state index is 0.423. The maximum Gasteiger partial charge on any atom is 0.147 e. The van der Waals surface area contributed by atoms with Crippen LogP contribution in [0.2, 0.25) is 0 Å². The van der Waals surface area contributed by atoms with Crippen molar-refractivity contribution in [3.63, 3.8) is 0 Å². The van der Waals surface area contributed by atoms with Crippen molar-refractivity contribution in [2.45, 2.75) is 24.6 Å². The van der Waals surface area contributed by atoms with Gasteiger partial charge in [0.25, 0.3) is 0 Å². The number of hydrogen-bond donors (Lipinski definition) is 0. The number of halogens is 1. The summed E-state index contributed by atoms with van der Waals surface area (Å²) in [5.74, 6) is 2.79. The van der Waals surface area contributed by atoms with E-state index in [-0.39, 0.29) is 0 Å². The van der Waals surface area contributed by atoms with E-state index in [1.807, 2.05) is 11.6 Å². The zero-order valence-corrected chi connectivity index (χ0v) is 9.00. The summed E-state index contributed by atoms with van der Waals surface area (Å²) in [6.07, 6.45) is 2.07. The summed E-state index contributed by atoms with van der Waals surface area (Å²) in [4.78, 5) is 0. The number of aromatic nitrogens is 3. The summed E-state index contributed by atoms with van der Waals surface area (Å²) in [5.41, 5.74) is 0. The molecule has 0 saturated carbocycles. The second-order valence-electron chi connectivity index (χ2n) is 3.55. The molecule has 14 heavy (non-hydrogen) atoms. The quantitative estimate of drug-likeness (QED) is 0.702. The highest BCUT2D eigenvalue weighted by Gasteiger charge is 2.21. The minimum absolute atomic E-state index is 0.423. The van der Waals surface area contributed by atoms with Crippen molar-refractivity contribution in [1.82, 2.24) is 14.8 Å². The van der Waals surface area contributed by atoms with Crippen LogP contribution < -0.4 is 0 Å². The average Bonchev–Trinajstić information content (AvgIpc) is 2.61. The first kappa shape index (κ1) is 9.93. The van der Waals surface area contributed by atoms with Gasteiger partial charge in [-0.1, -0.05) is 0 Å². The molecule has 1 aliphatic rings. The Kier molecular flexibility index (Phi) is 3.03. The first-order chi connectivity index (χ1) is 6.83. The zero-order valence-electron chi connectivity index (χ0n) is 8.24. The normalized spacial score (nSPS) is 18.7. The Labute approximate surface area is 88.2 Å². The SMILES string of the molecule is Cn1c(CCl)nnc1C1CCOCC1. The Morgan fingerprint density at radius 3 is 2.71 bits per heavy atom. The lowest BCUT2D eigenvalue weighted by molar-refractivity contribution is 0.0829. The topological polar surface area (TPSA) is 39.9 Å². The van der Waals surface area contributed by atoms with E-state index in [4.69, 9.17) is 16.3 Å². The molecule has 0 radical (unpaired) electrons. The van der Waals surface area contributed by atoms with Crippen LogP contribution in [-0.4, -0.2) is 28.0 Å². The first-order valence-corrected chi connectivity index (χ1v) is 5.38. The molecule has 2 rings (SSSR count). The van der Waals surface area contributed by atoms with Crippen molar-refractivity contribution in [1.29, 1.82) is 0 Å². The zero-order chi connectivity index (χ0) is 9.97. The molecule has 0 spiro atoms. The highest BCUT2D eigenvalue weighted by Crippen LogP contribution is 2.25. The lowest BCUT2D eigenvalue weighted by Gasteiger charge is -2.20. The number of nitrogens with zero attached hydrogens (tertiary/aromatic N) is 3. The molecule has 0 N–H and O–H groups in total. The van der Waals surface area contributed by atoms with Crippen LogP contribution in [0.5, 0.6) is 0 Å². The van der Waals surface area contributed by atoms with Crippen molar-refractivity contribution in [2.75, 3.05) is 13.2 Å². The summed E-state index contributed by atoms with van der Waals surface area (Å²) in [6.45, 7) is 1.65. The fourth-order valence-corrected chi connectivity index (χ4v) is 2.04. The van der Waals surface area contributed by atoms with E-state index in [0.29, 0.717) is 11.8 Å². The Morgan fingerprint density at radius 1 is 1.43 bits per heavy atom. The maximum absolute atomic E-state index is 5.74. The van der Waals surface area contributed by atoms with Gasteiger partial charge in [-0.3, -0.25) is 0 Å². The van der Waals surface area contributed by atoms with E-state index >= 15 is 0 Å². The number of alkyl halides is 1. The van der Waals surface area contributed by atoms with Crippen LogP contribution in [0.4, 0.5) is 0 Å². The summed E-state index contributed by atoms with van der Waals surface area (Å²) in [7, 11) is 1.97. The van der Waals surface area contributed by atoms with E-state index in [0.717, 1.165) is 37.7 Å². The number of rotatable bonds is 2. The van der Waals surface area contributed by atoms with Gasteiger partial charge in [-0.25, -0.2) is 0 Å². The summed E-state index contributed by atoms with van der Waals surface area (Å²) < 4.78 is 7.31. The third kappa shape index (κ3) is 1.77. The second kappa shape index (κ2) is 4.28. The molecule has 1 fully saturated rings. The van der Waals surface area contributed by atoms with Crippen LogP contribution in [0, 0.1) is 0 Å². The highest BCUT2D eigenvalue weighted by atomic mass is 35.5. The summed E-state index contributed by atoms with van der Waals surface area (Å²) in [5, 5.41) is 8.23. The predicted molar refractivity (Wildman–Crippen MR) is 53.4 cm³/mol. The Balaban J connectivity index is 2.18. The maximum atomic E-state index is 5.74. The molecule has 1 saturated heterocycles. The average molecular weight is 216 g/mol. The molecule has 0 unspecified atom stereocenters. The minimum Gasteiger partial charge on any atom is -0.381 e. The van der Waals surface area contributed by atoms with Gasteiger partial charge in [0.05, 0.1) is 5.88 Å². The Morgan fingerprint density at radius 2 is 2.14 bits per heavy atom. The van der Waals surface area contributed by atoms with Crippen LogP contribution in [0.3, 0.4) is 0 Å². The third-order valence-corrected chi connectivity index (χ3v) is 2.94. The molecule has 0 bridgehead atoms. The Bertz CT molecular complexity index is 307. The number of hydrogen-bond acceptors (Lipinski definition) is 3. The van der Waals surface area contributed by atoms with Crippen LogP contribution in [0.1, 0.15) is 30.4 Å². The van der Waals surface area contributed by atoms with Gasteiger partial charge >= 0.3 is 0 Å². The molecular weight excluding hydrogens is 202 g/mol. The van der Waals surface area contributed by atoms with Crippen LogP contribution >= 0.6 is 11.6 Å². The van der Waals surface area contributed by atoms with E-state index in [1.54, 1.807) is 0 Å². The van der Waals surface area contributed by atoms with Crippen molar-refractivity contribution in [3.05, 3.63) is 11.6 Å². The van der Waals surface area contributed by atoms with Gasteiger partial charge in [-0.2, -0.15) is 0 Å².